The topological polar surface area (TPSA) is 165 Å². The van der Waals surface area contributed by atoms with Crippen LogP contribution in [0, 0.1) is 17.3 Å². The van der Waals surface area contributed by atoms with Gasteiger partial charge in [0.25, 0.3) is 5.91 Å². The lowest BCUT2D eigenvalue weighted by Gasteiger charge is -2.50. The molecule has 0 heterocycles. The van der Waals surface area contributed by atoms with Crippen LogP contribution >= 0.6 is 0 Å². The van der Waals surface area contributed by atoms with E-state index in [4.69, 9.17) is 5.73 Å². The Morgan fingerprint density at radius 1 is 1.12 bits per heavy atom. The van der Waals surface area contributed by atoms with Crippen molar-refractivity contribution >= 4 is 17.5 Å². The van der Waals surface area contributed by atoms with E-state index in [2.05, 4.69) is 0 Å². The van der Waals surface area contributed by atoms with E-state index in [1.807, 2.05) is 20.8 Å². The molecule has 1 amide bonds. The second kappa shape index (κ2) is 10.1. The number of halogens is 3. The number of likely N-dealkylation sites (N-methyl/N-ethyl adjacent to an activating group) is 1. The van der Waals surface area contributed by atoms with Crippen molar-refractivity contribution in [2.75, 3.05) is 27.7 Å². The van der Waals surface area contributed by atoms with Gasteiger partial charge in [0.1, 0.15) is 22.8 Å². The number of amides is 1. The van der Waals surface area contributed by atoms with E-state index in [0.717, 1.165) is 6.07 Å². The van der Waals surface area contributed by atoms with Gasteiger partial charge in [-0.2, -0.15) is 13.2 Å². The Bertz CT molecular complexity index is 1440. The standard InChI is InChI=1S/C29H36F3N3O7/c1-27(2,3)11-35(6)10-13-9-16(36)18-14(20(13)29(30,31)32)7-12-8-15-21(34(4)5)23(38)19(26(33)41)25(40)28(15,42)24(39)17(12)22(18)37/h9,12,15,21,36,38-39,42H,7-8,10-11H2,1-6H3,(H2,33,41)/t12-,15-,21-,28-/m0/s1. The van der Waals surface area contributed by atoms with Gasteiger partial charge >= 0.3 is 6.18 Å². The minimum Gasteiger partial charge on any atom is -0.510 e. The van der Waals surface area contributed by atoms with Gasteiger partial charge in [-0.1, -0.05) is 20.8 Å². The fourth-order valence-electron chi connectivity index (χ4n) is 7.02. The summed E-state index contributed by atoms with van der Waals surface area (Å²) in [4.78, 5) is 42.2. The highest BCUT2D eigenvalue weighted by Crippen LogP contribution is 2.54. The lowest BCUT2D eigenvalue weighted by molar-refractivity contribution is -0.148. The SMILES string of the molecule is CN(Cc1cc(O)c2c(c1C(F)(F)F)C[C@H]1C[C@H]3[C@H](N(C)C)C(O)=C(C(N)=O)C(=O)[C@@]3(O)C(O)=C1C2=O)CC(C)(C)C. The number of alkyl halides is 3. The summed E-state index contributed by atoms with van der Waals surface area (Å²) in [6.45, 7) is 6.05. The second-order valence-corrected chi connectivity index (χ2v) is 13.0. The number of ketones is 2. The number of primary amides is 1. The van der Waals surface area contributed by atoms with E-state index in [0.29, 0.717) is 6.54 Å². The number of hydrogen-bond acceptors (Lipinski definition) is 9. The number of carbonyl (C=O) groups excluding carboxylic acids is 3. The molecule has 13 heteroatoms. The molecule has 4 atom stereocenters. The summed E-state index contributed by atoms with van der Waals surface area (Å²) in [5, 5.41) is 44.7. The van der Waals surface area contributed by atoms with Crippen molar-refractivity contribution in [1.82, 2.24) is 9.80 Å². The molecular formula is C29H36F3N3O7. The van der Waals surface area contributed by atoms with Gasteiger partial charge in [0.2, 0.25) is 5.78 Å². The zero-order chi connectivity index (χ0) is 31.9. The quantitative estimate of drug-likeness (QED) is 0.322. The number of aliphatic hydroxyl groups is 3. The third-order valence-corrected chi connectivity index (χ3v) is 8.27. The number of nitrogens with two attached hydrogens (primary N) is 1. The van der Waals surface area contributed by atoms with Crippen LogP contribution in [0.2, 0.25) is 0 Å². The van der Waals surface area contributed by atoms with Crippen LogP contribution in [0.5, 0.6) is 5.75 Å². The van der Waals surface area contributed by atoms with Crippen LogP contribution in [0.25, 0.3) is 0 Å². The maximum Gasteiger partial charge on any atom is 0.417 e. The minimum atomic E-state index is -4.90. The number of phenols is 1. The maximum atomic E-state index is 14.7. The molecule has 0 unspecified atom stereocenters. The molecule has 10 nitrogen and oxygen atoms in total. The third kappa shape index (κ3) is 4.86. The van der Waals surface area contributed by atoms with Crippen LogP contribution in [-0.4, -0.2) is 87.0 Å². The van der Waals surface area contributed by atoms with Gasteiger partial charge in [-0.05, 0) is 62.5 Å². The fourth-order valence-corrected chi connectivity index (χ4v) is 7.02. The Balaban J connectivity index is 1.93. The number of phenolic OH excluding ortho intramolecular Hbond substituents is 1. The van der Waals surface area contributed by atoms with Gasteiger partial charge in [-0.15, -0.1) is 0 Å². The molecule has 0 aliphatic heterocycles. The van der Waals surface area contributed by atoms with Crippen LogP contribution in [0.3, 0.4) is 0 Å². The number of rotatable bonds is 5. The highest BCUT2D eigenvalue weighted by Gasteiger charge is 2.63. The predicted octanol–water partition coefficient (Wildman–Crippen LogP) is 2.62. The van der Waals surface area contributed by atoms with E-state index in [-0.39, 0.29) is 23.9 Å². The fraction of sp³-hybridized carbons (Fsp3) is 0.552. The average molecular weight is 596 g/mol. The van der Waals surface area contributed by atoms with Gasteiger partial charge < -0.3 is 31.1 Å². The molecule has 1 aromatic carbocycles. The molecule has 3 aliphatic rings. The molecule has 42 heavy (non-hydrogen) atoms. The number of aromatic hydroxyl groups is 1. The number of fused-ring (bicyclic) bond motifs is 3. The molecule has 6 N–H and O–H groups in total. The molecule has 0 bridgehead atoms. The molecule has 0 saturated heterocycles. The van der Waals surface area contributed by atoms with Crippen LogP contribution < -0.4 is 5.73 Å². The molecule has 0 radical (unpaired) electrons. The molecule has 0 fully saturated rings. The molecule has 230 valence electrons. The van der Waals surface area contributed by atoms with Crippen LogP contribution in [0.15, 0.2) is 28.7 Å². The van der Waals surface area contributed by atoms with Gasteiger partial charge in [0.05, 0.1) is 17.2 Å². The molecule has 0 spiro atoms. The number of allylic oxidation sites excluding steroid dienone is 1. The van der Waals surface area contributed by atoms with E-state index in [1.165, 1.54) is 19.0 Å². The maximum absolute atomic E-state index is 14.7. The third-order valence-electron chi connectivity index (χ3n) is 8.27. The van der Waals surface area contributed by atoms with Crippen molar-refractivity contribution in [2.45, 2.75) is 58.0 Å². The van der Waals surface area contributed by atoms with Gasteiger partial charge in [0, 0.05) is 24.6 Å². The first-order valence-corrected chi connectivity index (χ1v) is 13.4. The van der Waals surface area contributed by atoms with Crippen molar-refractivity contribution in [1.29, 1.82) is 0 Å². The number of nitrogens with zero attached hydrogens (tertiary/aromatic N) is 2. The first-order valence-electron chi connectivity index (χ1n) is 13.4. The van der Waals surface area contributed by atoms with Crippen molar-refractivity contribution in [3.63, 3.8) is 0 Å². The Labute approximate surface area is 240 Å². The van der Waals surface area contributed by atoms with Crippen molar-refractivity contribution < 1.29 is 48.0 Å². The Hall–Kier alpha value is -3.42. The van der Waals surface area contributed by atoms with E-state index >= 15 is 0 Å². The summed E-state index contributed by atoms with van der Waals surface area (Å²) >= 11 is 0. The van der Waals surface area contributed by atoms with Crippen molar-refractivity contribution in [2.24, 2.45) is 23.0 Å². The van der Waals surface area contributed by atoms with Crippen LogP contribution in [0.4, 0.5) is 13.2 Å². The lowest BCUT2D eigenvalue weighted by Crippen LogP contribution is -2.63. The first kappa shape index (κ1) is 31.5. The van der Waals surface area contributed by atoms with Crippen molar-refractivity contribution in [3.8, 4) is 5.75 Å². The zero-order valence-corrected chi connectivity index (χ0v) is 24.3. The molecular weight excluding hydrogens is 559 g/mol. The molecule has 4 rings (SSSR count). The Morgan fingerprint density at radius 2 is 1.71 bits per heavy atom. The number of benzene rings is 1. The highest BCUT2D eigenvalue weighted by atomic mass is 19.4. The normalized spacial score (nSPS) is 26.5. The summed E-state index contributed by atoms with van der Waals surface area (Å²) in [5.41, 5.74) is -1.69. The number of hydrogen-bond donors (Lipinski definition) is 5. The highest BCUT2D eigenvalue weighted by molar-refractivity contribution is 6.24. The summed E-state index contributed by atoms with van der Waals surface area (Å²) in [6.07, 6.45) is -5.66. The van der Waals surface area contributed by atoms with Gasteiger partial charge in [-0.3, -0.25) is 19.3 Å². The molecule has 3 aliphatic carbocycles. The molecule has 0 aromatic heterocycles. The van der Waals surface area contributed by atoms with Crippen LogP contribution in [-0.2, 0) is 28.7 Å². The number of carbonyl (C=O) groups is 3. The Kier molecular flexibility index (Phi) is 7.57. The summed E-state index contributed by atoms with van der Waals surface area (Å²) < 4.78 is 44.0. The zero-order valence-electron chi connectivity index (χ0n) is 24.3. The monoisotopic (exact) mass is 595 g/mol. The molecule has 1 aromatic rings. The van der Waals surface area contributed by atoms with E-state index < -0.39 is 98.7 Å². The smallest absolute Gasteiger partial charge is 0.417 e. The predicted molar refractivity (Wildman–Crippen MR) is 144 cm³/mol. The average Bonchev–Trinajstić information content (AvgIpc) is 2.78. The van der Waals surface area contributed by atoms with Gasteiger partial charge in [-0.25, -0.2) is 0 Å². The summed E-state index contributed by atoms with van der Waals surface area (Å²) in [5.74, 6) is -9.04. The van der Waals surface area contributed by atoms with Crippen molar-refractivity contribution in [3.05, 3.63) is 51.0 Å². The Morgan fingerprint density at radius 3 is 2.21 bits per heavy atom. The number of aliphatic hydroxyl groups excluding tert-OH is 2. The lowest BCUT2D eigenvalue weighted by atomic mass is 9.58. The summed E-state index contributed by atoms with van der Waals surface area (Å²) in [7, 11) is 4.58. The first-order chi connectivity index (χ1) is 19.1. The second-order valence-electron chi connectivity index (χ2n) is 13.0. The largest absolute Gasteiger partial charge is 0.510 e. The van der Waals surface area contributed by atoms with E-state index in [9.17, 15) is 48.0 Å². The molecule has 0 saturated carbocycles. The number of Topliss-reactive ketones (excluding diaryl/α,β-unsaturated/α-hetero) is 2. The van der Waals surface area contributed by atoms with E-state index in [1.54, 1.807) is 11.9 Å². The van der Waals surface area contributed by atoms with Crippen LogP contribution in [0.1, 0.15) is 54.2 Å². The minimum absolute atomic E-state index is 0.173. The summed E-state index contributed by atoms with van der Waals surface area (Å²) in [6, 6.07) is -0.361. The van der Waals surface area contributed by atoms with Gasteiger partial charge in [0.15, 0.2) is 11.4 Å².